The van der Waals surface area contributed by atoms with E-state index in [1.54, 1.807) is 0 Å². The molecular weight excluding hydrogens is 184 g/mol. The summed E-state index contributed by atoms with van der Waals surface area (Å²) < 4.78 is 5.98. The lowest BCUT2D eigenvalue weighted by molar-refractivity contribution is 0.190. The number of hydrogen-bond donors (Lipinski definition) is 0. The fourth-order valence-electron chi connectivity index (χ4n) is 2.42. The number of ether oxygens (including phenoxy) is 1. The van der Waals surface area contributed by atoms with Crippen molar-refractivity contribution in [1.82, 2.24) is 0 Å². The van der Waals surface area contributed by atoms with Gasteiger partial charge in [-0.1, -0.05) is 0 Å². The minimum atomic E-state index is 0.373. The van der Waals surface area contributed by atoms with Crippen molar-refractivity contribution >= 4 is 0 Å². The van der Waals surface area contributed by atoms with Crippen LogP contribution in [0.3, 0.4) is 0 Å². The standard InChI is InChI=1S/C14H20O/c1-8-6-7-13-11(4)9(2)10(3)12(5)14(13)15-8/h8H,6-7H2,1-5H3. The summed E-state index contributed by atoms with van der Waals surface area (Å²) in [6.45, 7) is 11.0. The molecule has 0 saturated carbocycles. The summed E-state index contributed by atoms with van der Waals surface area (Å²) in [6, 6.07) is 0. The fourth-order valence-corrected chi connectivity index (χ4v) is 2.42. The maximum absolute atomic E-state index is 5.98. The minimum absolute atomic E-state index is 0.373. The molecular formula is C14H20O. The molecule has 0 aliphatic carbocycles. The average molecular weight is 204 g/mol. The van der Waals surface area contributed by atoms with Crippen molar-refractivity contribution < 1.29 is 4.74 Å². The summed E-state index contributed by atoms with van der Waals surface area (Å²) in [7, 11) is 0. The first-order chi connectivity index (χ1) is 7.02. The van der Waals surface area contributed by atoms with E-state index in [-0.39, 0.29) is 0 Å². The van der Waals surface area contributed by atoms with Gasteiger partial charge in [-0.15, -0.1) is 0 Å². The maximum Gasteiger partial charge on any atom is 0.126 e. The highest BCUT2D eigenvalue weighted by Crippen LogP contribution is 2.37. The average Bonchev–Trinajstić information content (AvgIpc) is 2.23. The molecule has 1 aromatic carbocycles. The summed E-state index contributed by atoms with van der Waals surface area (Å²) in [4.78, 5) is 0. The Morgan fingerprint density at radius 3 is 2.20 bits per heavy atom. The van der Waals surface area contributed by atoms with Crippen LogP contribution < -0.4 is 4.74 Å². The lowest BCUT2D eigenvalue weighted by Gasteiger charge is -2.28. The van der Waals surface area contributed by atoms with Gasteiger partial charge in [0, 0.05) is 0 Å². The maximum atomic E-state index is 5.98. The van der Waals surface area contributed by atoms with Gasteiger partial charge in [-0.2, -0.15) is 0 Å². The largest absolute Gasteiger partial charge is 0.490 e. The van der Waals surface area contributed by atoms with Crippen molar-refractivity contribution in [1.29, 1.82) is 0 Å². The van der Waals surface area contributed by atoms with Gasteiger partial charge in [-0.05, 0) is 75.3 Å². The van der Waals surface area contributed by atoms with E-state index in [1.165, 1.54) is 34.2 Å². The summed E-state index contributed by atoms with van der Waals surface area (Å²) in [5.41, 5.74) is 7.03. The topological polar surface area (TPSA) is 9.23 Å². The molecule has 1 aliphatic heterocycles. The molecule has 0 spiro atoms. The van der Waals surface area contributed by atoms with Crippen molar-refractivity contribution in [2.24, 2.45) is 0 Å². The molecule has 1 heteroatoms. The van der Waals surface area contributed by atoms with Gasteiger partial charge in [0.05, 0.1) is 6.10 Å². The van der Waals surface area contributed by atoms with Gasteiger partial charge in [0.25, 0.3) is 0 Å². The molecule has 0 fully saturated rings. The molecule has 0 saturated heterocycles. The third-order valence-electron chi connectivity index (χ3n) is 3.87. The Morgan fingerprint density at radius 1 is 0.933 bits per heavy atom. The Bertz CT molecular complexity index is 405. The van der Waals surface area contributed by atoms with E-state index >= 15 is 0 Å². The first-order valence-electron chi connectivity index (χ1n) is 5.78. The van der Waals surface area contributed by atoms with E-state index < -0.39 is 0 Å². The third kappa shape index (κ3) is 1.54. The molecule has 1 aromatic rings. The van der Waals surface area contributed by atoms with Crippen molar-refractivity contribution in [2.75, 3.05) is 0 Å². The van der Waals surface area contributed by atoms with E-state index in [4.69, 9.17) is 4.74 Å². The smallest absolute Gasteiger partial charge is 0.126 e. The lowest BCUT2D eigenvalue weighted by atomic mass is 9.89. The minimum Gasteiger partial charge on any atom is -0.490 e. The molecule has 0 amide bonds. The van der Waals surface area contributed by atoms with Crippen LogP contribution in [0.2, 0.25) is 0 Å². The first kappa shape index (κ1) is 10.5. The van der Waals surface area contributed by atoms with E-state index in [9.17, 15) is 0 Å². The zero-order chi connectivity index (χ0) is 11.2. The lowest BCUT2D eigenvalue weighted by Crippen LogP contribution is -2.21. The number of hydrogen-bond acceptors (Lipinski definition) is 1. The van der Waals surface area contributed by atoms with Gasteiger partial charge in [0.2, 0.25) is 0 Å². The van der Waals surface area contributed by atoms with Crippen LogP contribution in [0.15, 0.2) is 0 Å². The third-order valence-corrected chi connectivity index (χ3v) is 3.87. The second-order valence-electron chi connectivity index (χ2n) is 4.77. The summed E-state index contributed by atoms with van der Waals surface area (Å²) in [5, 5.41) is 0. The second kappa shape index (κ2) is 3.55. The molecule has 1 atom stereocenters. The van der Waals surface area contributed by atoms with Crippen molar-refractivity contribution in [3.8, 4) is 5.75 Å². The SMILES string of the molecule is Cc1c(C)c(C)c2c(c1C)CCC(C)O2. The van der Waals surface area contributed by atoms with E-state index in [1.807, 2.05) is 0 Å². The Balaban J connectivity index is 2.65. The van der Waals surface area contributed by atoms with Gasteiger partial charge in [-0.25, -0.2) is 0 Å². The first-order valence-corrected chi connectivity index (χ1v) is 5.78. The summed E-state index contributed by atoms with van der Waals surface area (Å²) >= 11 is 0. The van der Waals surface area contributed by atoms with Crippen LogP contribution in [0.1, 0.15) is 41.2 Å². The predicted octanol–water partition coefficient (Wildman–Crippen LogP) is 3.63. The molecule has 0 bridgehead atoms. The Kier molecular flexibility index (Phi) is 2.49. The van der Waals surface area contributed by atoms with Gasteiger partial charge >= 0.3 is 0 Å². The molecule has 15 heavy (non-hydrogen) atoms. The highest BCUT2D eigenvalue weighted by atomic mass is 16.5. The van der Waals surface area contributed by atoms with Gasteiger partial charge < -0.3 is 4.74 Å². The van der Waals surface area contributed by atoms with Crippen LogP contribution in [-0.2, 0) is 6.42 Å². The van der Waals surface area contributed by atoms with Gasteiger partial charge in [-0.3, -0.25) is 0 Å². The Hall–Kier alpha value is -0.980. The zero-order valence-electron chi connectivity index (χ0n) is 10.4. The van der Waals surface area contributed by atoms with E-state index in [0.29, 0.717) is 6.10 Å². The number of fused-ring (bicyclic) bond motifs is 1. The second-order valence-corrected chi connectivity index (χ2v) is 4.77. The van der Waals surface area contributed by atoms with Crippen LogP contribution >= 0.6 is 0 Å². The van der Waals surface area contributed by atoms with Gasteiger partial charge in [0.1, 0.15) is 5.75 Å². The van der Waals surface area contributed by atoms with Crippen molar-refractivity contribution in [3.63, 3.8) is 0 Å². The fraction of sp³-hybridized carbons (Fsp3) is 0.571. The van der Waals surface area contributed by atoms with E-state index in [0.717, 1.165) is 12.2 Å². The van der Waals surface area contributed by atoms with Crippen LogP contribution in [0.25, 0.3) is 0 Å². The number of benzene rings is 1. The van der Waals surface area contributed by atoms with Crippen molar-refractivity contribution in [3.05, 3.63) is 27.8 Å². The van der Waals surface area contributed by atoms with Crippen LogP contribution in [-0.4, -0.2) is 6.10 Å². The Morgan fingerprint density at radius 2 is 1.53 bits per heavy atom. The molecule has 82 valence electrons. The van der Waals surface area contributed by atoms with Crippen molar-refractivity contribution in [2.45, 2.75) is 53.6 Å². The molecule has 1 aliphatic rings. The highest BCUT2D eigenvalue weighted by Gasteiger charge is 2.22. The molecule has 1 heterocycles. The molecule has 1 nitrogen and oxygen atoms in total. The van der Waals surface area contributed by atoms with Gasteiger partial charge in [0.15, 0.2) is 0 Å². The van der Waals surface area contributed by atoms with E-state index in [2.05, 4.69) is 34.6 Å². The predicted molar refractivity (Wildman–Crippen MR) is 63.8 cm³/mol. The molecule has 2 rings (SSSR count). The highest BCUT2D eigenvalue weighted by molar-refractivity contribution is 5.54. The molecule has 0 aromatic heterocycles. The monoisotopic (exact) mass is 204 g/mol. The summed E-state index contributed by atoms with van der Waals surface area (Å²) in [6.07, 6.45) is 2.69. The molecule has 1 unspecified atom stereocenters. The molecule has 0 radical (unpaired) electrons. The van der Waals surface area contributed by atoms with Crippen LogP contribution in [0.4, 0.5) is 0 Å². The quantitative estimate of drug-likeness (QED) is 0.627. The molecule has 0 N–H and O–H groups in total. The Labute approximate surface area is 92.5 Å². The number of rotatable bonds is 0. The normalized spacial score (nSPS) is 19.7. The zero-order valence-corrected chi connectivity index (χ0v) is 10.4. The van der Waals surface area contributed by atoms with Crippen LogP contribution in [0, 0.1) is 27.7 Å². The summed E-state index contributed by atoms with van der Waals surface area (Å²) in [5.74, 6) is 1.16. The van der Waals surface area contributed by atoms with Crippen LogP contribution in [0.5, 0.6) is 5.75 Å².